The maximum absolute atomic E-state index is 5.21. The van der Waals surface area contributed by atoms with Gasteiger partial charge in [-0.15, -0.1) is 0 Å². The predicted octanol–water partition coefficient (Wildman–Crippen LogP) is 10.1. The van der Waals surface area contributed by atoms with Gasteiger partial charge in [0.2, 0.25) is 0 Å². The molecule has 0 unspecified atom stereocenters. The van der Waals surface area contributed by atoms with E-state index in [0.29, 0.717) is 0 Å². The molecular formula is C43H30N6. The van der Waals surface area contributed by atoms with Crippen molar-refractivity contribution in [3.05, 3.63) is 170 Å². The fourth-order valence-electron chi connectivity index (χ4n) is 6.77. The second kappa shape index (κ2) is 11.9. The molecule has 9 aromatic rings. The Bertz CT molecular complexity index is 2440. The number of pyridine rings is 2. The minimum absolute atomic E-state index is 0.803. The molecule has 4 heterocycles. The van der Waals surface area contributed by atoms with Crippen molar-refractivity contribution in [2.45, 2.75) is 6.92 Å². The number of benzene rings is 5. The Balaban J connectivity index is 1.29. The Labute approximate surface area is 283 Å². The number of rotatable bonds is 6. The first-order chi connectivity index (χ1) is 24.2. The zero-order chi connectivity index (χ0) is 32.7. The third-order valence-electron chi connectivity index (χ3n) is 8.89. The summed E-state index contributed by atoms with van der Waals surface area (Å²) in [6.07, 6.45) is 3.66. The average Bonchev–Trinajstić information content (AvgIpc) is 3.75. The first-order valence-corrected chi connectivity index (χ1v) is 16.3. The van der Waals surface area contributed by atoms with Gasteiger partial charge in [0.05, 0.1) is 11.4 Å². The Morgan fingerprint density at radius 2 is 0.837 bits per heavy atom. The number of fused-ring (bicyclic) bond motifs is 2. The Morgan fingerprint density at radius 3 is 1.31 bits per heavy atom. The summed E-state index contributed by atoms with van der Waals surface area (Å²) in [7, 11) is 0. The number of aryl methyl sites for hydroxylation is 1. The molecule has 0 bridgehead atoms. The molecule has 232 valence electrons. The van der Waals surface area contributed by atoms with E-state index in [1.165, 1.54) is 0 Å². The summed E-state index contributed by atoms with van der Waals surface area (Å²) in [6, 6.07) is 52.3. The van der Waals surface area contributed by atoms with Crippen molar-refractivity contribution in [3.63, 3.8) is 0 Å². The molecular weight excluding hydrogens is 601 g/mol. The summed E-state index contributed by atoms with van der Waals surface area (Å²) in [5, 5.41) is 0. The SMILES string of the molecule is Cc1cc(-c2nc3cccnc3n2-c2ccccc2-c2ccccc2)cc(-c2nc3cccnc3n2-c2ccccc2-c2ccccc2)c1. The Morgan fingerprint density at radius 1 is 0.408 bits per heavy atom. The molecule has 0 N–H and O–H groups in total. The Hall–Kier alpha value is -6.66. The number of hydrogen-bond acceptors (Lipinski definition) is 4. The van der Waals surface area contributed by atoms with E-state index in [4.69, 9.17) is 19.9 Å². The van der Waals surface area contributed by atoms with Crippen LogP contribution in [0.4, 0.5) is 0 Å². The molecule has 49 heavy (non-hydrogen) atoms. The van der Waals surface area contributed by atoms with Crippen LogP contribution in [0, 0.1) is 6.92 Å². The van der Waals surface area contributed by atoms with E-state index in [9.17, 15) is 0 Å². The quantitative estimate of drug-likeness (QED) is 0.183. The van der Waals surface area contributed by atoms with Crippen LogP contribution in [0.3, 0.4) is 0 Å². The molecule has 0 saturated heterocycles. The highest BCUT2D eigenvalue weighted by Gasteiger charge is 2.22. The molecule has 0 aliphatic carbocycles. The van der Waals surface area contributed by atoms with Gasteiger partial charge in [0, 0.05) is 34.6 Å². The highest BCUT2D eigenvalue weighted by atomic mass is 15.1. The van der Waals surface area contributed by atoms with Crippen LogP contribution in [0.5, 0.6) is 0 Å². The molecule has 0 aliphatic rings. The van der Waals surface area contributed by atoms with E-state index in [1.54, 1.807) is 0 Å². The summed E-state index contributed by atoms with van der Waals surface area (Å²) in [4.78, 5) is 20.1. The largest absolute Gasteiger partial charge is 0.276 e. The van der Waals surface area contributed by atoms with E-state index in [0.717, 1.165) is 84.3 Å². The number of nitrogens with zero attached hydrogens (tertiary/aromatic N) is 6. The Kier molecular flexibility index (Phi) is 6.91. The van der Waals surface area contributed by atoms with Gasteiger partial charge in [-0.2, -0.15) is 0 Å². The normalized spacial score (nSPS) is 11.4. The molecule has 5 aromatic carbocycles. The zero-order valence-corrected chi connectivity index (χ0v) is 26.8. The predicted molar refractivity (Wildman–Crippen MR) is 198 cm³/mol. The van der Waals surface area contributed by atoms with E-state index in [2.05, 4.69) is 131 Å². The zero-order valence-electron chi connectivity index (χ0n) is 26.8. The van der Waals surface area contributed by atoms with Gasteiger partial charge in [-0.25, -0.2) is 19.9 Å². The maximum atomic E-state index is 5.21. The molecule has 6 heteroatoms. The molecule has 0 atom stereocenters. The lowest BCUT2D eigenvalue weighted by atomic mass is 10.0. The second-order valence-corrected chi connectivity index (χ2v) is 12.1. The van der Waals surface area contributed by atoms with E-state index in [1.807, 2.05) is 48.8 Å². The standard InChI is InChI=1S/C43H30N6/c1-29-26-32(40-46-36-20-12-24-44-42(36)48(40)38-22-10-8-18-34(38)30-14-4-2-5-15-30)28-33(27-29)41-47-37-21-13-25-45-43(37)49(41)39-23-11-9-19-35(39)31-16-6-3-7-17-31/h2-28H,1H3. The molecule has 4 aromatic heterocycles. The molecule has 0 saturated carbocycles. The van der Waals surface area contributed by atoms with Crippen LogP contribution < -0.4 is 0 Å². The summed E-state index contributed by atoms with van der Waals surface area (Å²) < 4.78 is 4.37. The molecule has 6 nitrogen and oxygen atoms in total. The third kappa shape index (κ3) is 4.98. The maximum Gasteiger partial charge on any atom is 0.164 e. The lowest BCUT2D eigenvalue weighted by Gasteiger charge is -2.16. The molecule has 9 rings (SSSR count). The van der Waals surface area contributed by atoms with E-state index in [-0.39, 0.29) is 0 Å². The lowest BCUT2D eigenvalue weighted by Crippen LogP contribution is -2.03. The van der Waals surface area contributed by atoms with Gasteiger partial charge >= 0.3 is 0 Å². The van der Waals surface area contributed by atoms with Gasteiger partial charge in [0.15, 0.2) is 11.3 Å². The summed E-state index contributed by atoms with van der Waals surface area (Å²) in [6.45, 7) is 2.12. The first kappa shape index (κ1) is 28.6. The highest BCUT2D eigenvalue weighted by molar-refractivity contribution is 5.87. The van der Waals surface area contributed by atoms with Crippen LogP contribution in [0.15, 0.2) is 164 Å². The monoisotopic (exact) mass is 630 g/mol. The summed E-state index contributed by atoms with van der Waals surface area (Å²) in [5.74, 6) is 1.63. The smallest absolute Gasteiger partial charge is 0.164 e. The second-order valence-electron chi connectivity index (χ2n) is 12.1. The molecule has 0 radical (unpaired) electrons. The highest BCUT2D eigenvalue weighted by Crippen LogP contribution is 2.38. The van der Waals surface area contributed by atoms with E-state index < -0.39 is 0 Å². The van der Waals surface area contributed by atoms with Crippen LogP contribution in [0.2, 0.25) is 0 Å². The van der Waals surface area contributed by atoms with Crippen molar-refractivity contribution in [1.82, 2.24) is 29.1 Å². The van der Waals surface area contributed by atoms with Crippen molar-refractivity contribution in [2.75, 3.05) is 0 Å². The van der Waals surface area contributed by atoms with Crippen LogP contribution >= 0.6 is 0 Å². The number of para-hydroxylation sites is 2. The third-order valence-corrected chi connectivity index (χ3v) is 8.89. The number of aromatic nitrogens is 6. The van der Waals surface area contributed by atoms with Crippen molar-refractivity contribution in [2.24, 2.45) is 0 Å². The van der Waals surface area contributed by atoms with Crippen molar-refractivity contribution in [3.8, 4) is 56.4 Å². The van der Waals surface area contributed by atoms with Gasteiger partial charge < -0.3 is 0 Å². The molecule has 0 aliphatic heterocycles. The number of hydrogen-bond donors (Lipinski definition) is 0. The van der Waals surface area contributed by atoms with Gasteiger partial charge in [-0.05, 0) is 78.2 Å². The van der Waals surface area contributed by atoms with E-state index >= 15 is 0 Å². The average molecular weight is 631 g/mol. The topological polar surface area (TPSA) is 61.4 Å². The van der Waals surface area contributed by atoms with Gasteiger partial charge in [0.1, 0.15) is 22.7 Å². The van der Waals surface area contributed by atoms with Gasteiger partial charge in [0.25, 0.3) is 0 Å². The van der Waals surface area contributed by atoms with Gasteiger partial charge in [-0.1, -0.05) is 97.1 Å². The lowest BCUT2D eigenvalue weighted by molar-refractivity contribution is 1.07. The van der Waals surface area contributed by atoms with Crippen LogP contribution in [-0.2, 0) is 0 Å². The minimum Gasteiger partial charge on any atom is -0.276 e. The van der Waals surface area contributed by atoms with Crippen molar-refractivity contribution < 1.29 is 0 Å². The summed E-state index contributed by atoms with van der Waals surface area (Å²) >= 11 is 0. The van der Waals surface area contributed by atoms with Crippen molar-refractivity contribution >= 4 is 22.3 Å². The molecule has 0 spiro atoms. The fraction of sp³-hybridized carbons (Fsp3) is 0.0233. The van der Waals surface area contributed by atoms with Crippen LogP contribution in [0.25, 0.3) is 78.7 Å². The molecule has 0 fully saturated rings. The van der Waals surface area contributed by atoms with Gasteiger partial charge in [-0.3, -0.25) is 9.13 Å². The van der Waals surface area contributed by atoms with Crippen molar-refractivity contribution in [1.29, 1.82) is 0 Å². The summed E-state index contributed by atoms with van der Waals surface area (Å²) in [5.41, 5.74) is 12.8. The van der Waals surface area contributed by atoms with Crippen LogP contribution in [0.1, 0.15) is 5.56 Å². The van der Waals surface area contributed by atoms with Crippen LogP contribution in [-0.4, -0.2) is 29.1 Å². The first-order valence-electron chi connectivity index (χ1n) is 16.3. The number of imidazole rings is 2. The fourth-order valence-corrected chi connectivity index (χ4v) is 6.77. The minimum atomic E-state index is 0.803. The molecule has 0 amide bonds.